The van der Waals surface area contributed by atoms with Crippen LogP contribution in [0.3, 0.4) is 0 Å². The lowest BCUT2D eigenvalue weighted by molar-refractivity contribution is -0.658. The Bertz CT molecular complexity index is 353. The van der Waals surface area contributed by atoms with Gasteiger partial charge >= 0.3 is 5.97 Å². The average molecular weight is 221 g/mol. The summed E-state index contributed by atoms with van der Waals surface area (Å²) in [5.74, 6) is -0.153. The van der Waals surface area contributed by atoms with E-state index in [1.54, 1.807) is 0 Å². The summed E-state index contributed by atoms with van der Waals surface area (Å²) in [6.07, 6.45) is 0. The maximum atomic E-state index is 11.7. The molecular formula is C12H17N2O2+. The minimum atomic E-state index is -0.166. The Morgan fingerprint density at radius 1 is 1.44 bits per heavy atom. The number of benzene rings is 1. The van der Waals surface area contributed by atoms with Gasteiger partial charge in [0.1, 0.15) is 6.54 Å². The molecule has 1 fully saturated rings. The van der Waals surface area contributed by atoms with Gasteiger partial charge in [0.15, 0.2) is 6.04 Å². The Hall–Kier alpha value is -1.55. The maximum absolute atomic E-state index is 11.7. The van der Waals surface area contributed by atoms with E-state index in [4.69, 9.17) is 4.74 Å². The van der Waals surface area contributed by atoms with Crippen molar-refractivity contribution in [2.45, 2.75) is 6.04 Å². The number of carbonyl (C=O) groups is 1. The van der Waals surface area contributed by atoms with E-state index in [1.807, 2.05) is 30.3 Å². The van der Waals surface area contributed by atoms with Crippen molar-refractivity contribution in [3.8, 4) is 0 Å². The molecule has 1 heterocycles. The minimum Gasteiger partial charge on any atom is -0.467 e. The number of rotatable bonds is 2. The highest BCUT2D eigenvalue weighted by Crippen LogP contribution is 2.17. The zero-order chi connectivity index (χ0) is 11.4. The first-order chi connectivity index (χ1) is 7.83. The number of hydrogen-bond acceptors (Lipinski definition) is 3. The first kappa shape index (κ1) is 11.0. The van der Waals surface area contributed by atoms with Gasteiger partial charge in [-0.25, -0.2) is 4.79 Å². The standard InChI is InChI=1S/C12H16N2O2/c1-16-12(15)11-9-13-7-8-14(11)10-5-3-2-4-6-10/h2-6,11,13H,7-9H2,1H3/p+1/t11-/m1/s1. The summed E-state index contributed by atoms with van der Waals surface area (Å²) in [5.41, 5.74) is 1.09. The maximum Gasteiger partial charge on any atom is 0.334 e. The Kier molecular flexibility index (Phi) is 3.41. The predicted octanol–water partition coefficient (Wildman–Crippen LogP) is -0.388. The number of quaternary nitrogens is 1. The van der Waals surface area contributed by atoms with Crippen LogP contribution in [0.25, 0.3) is 0 Å². The second-order valence-corrected chi connectivity index (χ2v) is 3.88. The summed E-state index contributed by atoms with van der Waals surface area (Å²) in [7, 11) is 1.44. The normalized spacial score (nSPS) is 20.6. The molecule has 1 aliphatic heterocycles. The third-order valence-electron chi connectivity index (χ3n) is 2.90. The monoisotopic (exact) mass is 221 g/mol. The molecule has 2 N–H and O–H groups in total. The molecule has 0 aromatic heterocycles. The van der Waals surface area contributed by atoms with Crippen LogP contribution in [0.1, 0.15) is 0 Å². The molecule has 0 spiro atoms. The van der Waals surface area contributed by atoms with Gasteiger partial charge in [0.2, 0.25) is 0 Å². The number of piperazine rings is 1. The van der Waals surface area contributed by atoms with Crippen molar-refractivity contribution in [3.63, 3.8) is 0 Å². The van der Waals surface area contributed by atoms with Gasteiger partial charge in [0.05, 0.1) is 20.2 Å². The van der Waals surface area contributed by atoms with E-state index in [0.29, 0.717) is 0 Å². The summed E-state index contributed by atoms with van der Waals surface area (Å²) in [5, 5.41) is 2.15. The van der Waals surface area contributed by atoms with Crippen molar-refractivity contribution in [2.75, 3.05) is 31.6 Å². The summed E-state index contributed by atoms with van der Waals surface area (Å²) in [6.45, 7) is 2.66. The molecule has 0 unspecified atom stereocenters. The van der Waals surface area contributed by atoms with E-state index in [0.717, 1.165) is 25.3 Å². The molecule has 16 heavy (non-hydrogen) atoms. The van der Waals surface area contributed by atoms with E-state index in [1.165, 1.54) is 7.11 Å². The SMILES string of the molecule is COC(=O)[C@H]1C[NH2+]CCN1c1ccccc1. The molecule has 0 saturated carbocycles. The smallest absolute Gasteiger partial charge is 0.334 e. The highest BCUT2D eigenvalue weighted by molar-refractivity contribution is 5.80. The molecule has 2 rings (SSSR count). The van der Waals surface area contributed by atoms with Crippen molar-refractivity contribution in [1.82, 2.24) is 0 Å². The number of carbonyl (C=O) groups excluding carboxylic acids is 1. The number of ether oxygens (including phenoxy) is 1. The topological polar surface area (TPSA) is 46.1 Å². The number of esters is 1. The van der Waals surface area contributed by atoms with Crippen molar-refractivity contribution in [3.05, 3.63) is 30.3 Å². The predicted molar refractivity (Wildman–Crippen MR) is 61.3 cm³/mol. The molecule has 1 atom stereocenters. The van der Waals surface area contributed by atoms with Gasteiger partial charge in [0.25, 0.3) is 0 Å². The average Bonchev–Trinajstić information content (AvgIpc) is 2.39. The quantitative estimate of drug-likeness (QED) is 0.692. The zero-order valence-corrected chi connectivity index (χ0v) is 9.43. The number of methoxy groups -OCH3 is 1. The molecule has 0 bridgehead atoms. The van der Waals surface area contributed by atoms with Crippen LogP contribution in [0.5, 0.6) is 0 Å². The highest BCUT2D eigenvalue weighted by Gasteiger charge is 2.31. The van der Waals surface area contributed by atoms with Crippen molar-refractivity contribution < 1.29 is 14.8 Å². The van der Waals surface area contributed by atoms with E-state index < -0.39 is 0 Å². The minimum absolute atomic E-state index is 0.153. The summed E-state index contributed by atoms with van der Waals surface area (Å²) in [6, 6.07) is 9.85. The van der Waals surface area contributed by atoms with Gasteiger partial charge < -0.3 is 15.0 Å². The highest BCUT2D eigenvalue weighted by atomic mass is 16.5. The van der Waals surface area contributed by atoms with Gasteiger partial charge in [-0.05, 0) is 12.1 Å². The Morgan fingerprint density at radius 2 is 2.19 bits per heavy atom. The van der Waals surface area contributed by atoms with E-state index >= 15 is 0 Å². The Labute approximate surface area is 95.2 Å². The largest absolute Gasteiger partial charge is 0.467 e. The van der Waals surface area contributed by atoms with Gasteiger partial charge in [-0.1, -0.05) is 18.2 Å². The first-order valence-electron chi connectivity index (χ1n) is 5.54. The molecule has 1 aromatic carbocycles. The van der Waals surface area contributed by atoms with Crippen LogP contribution in [-0.4, -0.2) is 38.8 Å². The second-order valence-electron chi connectivity index (χ2n) is 3.88. The first-order valence-corrected chi connectivity index (χ1v) is 5.54. The van der Waals surface area contributed by atoms with Crippen LogP contribution in [-0.2, 0) is 9.53 Å². The van der Waals surface area contributed by atoms with Crippen molar-refractivity contribution in [1.29, 1.82) is 0 Å². The number of anilines is 1. The van der Waals surface area contributed by atoms with Crippen molar-refractivity contribution in [2.24, 2.45) is 0 Å². The second kappa shape index (κ2) is 4.99. The van der Waals surface area contributed by atoms with E-state index in [2.05, 4.69) is 10.2 Å². The zero-order valence-electron chi connectivity index (χ0n) is 9.43. The fourth-order valence-electron chi connectivity index (χ4n) is 2.08. The fourth-order valence-corrected chi connectivity index (χ4v) is 2.08. The van der Waals surface area contributed by atoms with Gasteiger partial charge in [-0.15, -0.1) is 0 Å². The lowest BCUT2D eigenvalue weighted by Gasteiger charge is -2.33. The van der Waals surface area contributed by atoms with Crippen LogP contribution in [0.4, 0.5) is 5.69 Å². The molecule has 1 saturated heterocycles. The molecule has 86 valence electrons. The van der Waals surface area contributed by atoms with Gasteiger partial charge in [-0.3, -0.25) is 0 Å². The summed E-state index contributed by atoms with van der Waals surface area (Å²) >= 11 is 0. The van der Waals surface area contributed by atoms with Crippen LogP contribution < -0.4 is 10.2 Å². The Balaban J connectivity index is 2.20. The van der Waals surface area contributed by atoms with E-state index in [-0.39, 0.29) is 12.0 Å². The molecule has 0 amide bonds. The van der Waals surface area contributed by atoms with Crippen molar-refractivity contribution >= 4 is 11.7 Å². The third-order valence-corrected chi connectivity index (χ3v) is 2.90. The molecule has 1 aliphatic rings. The molecule has 0 aliphatic carbocycles. The fraction of sp³-hybridized carbons (Fsp3) is 0.417. The van der Waals surface area contributed by atoms with Crippen LogP contribution in [0.2, 0.25) is 0 Å². The lowest BCUT2D eigenvalue weighted by Crippen LogP contribution is -2.92. The number of nitrogens with zero attached hydrogens (tertiary/aromatic N) is 1. The Morgan fingerprint density at radius 3 is 2.88 bits per heavy atom. The third kappa shape index (κ3) is 2.17. The van der Waals surface area contributed by atoms with Crippen LogP contribution in [0.15, 0.2) is 30.3 Å². The number of hydrogen-bond donors (Lipinski definition) is 1. The number of para-hydroxylation sites is 1. The molecule has 1 aromatic rings. The summed E-state index contributed by atoms with van der Waals surface area (Å²) < 4.78 is 4.84. The van der Waals surface area contributed by atoms with Gasteiger partial charge in [-0.2, -0.15) is 0 Å². The molecule has 0 radical (unpaired) electrons. The molecule has 4 heteroatoms. The van der Waals surface area contributed by atoms with Crippen LogP contribution >= 0.6 is 0 Å². The van der Waals surface area contributed by atoms with E-state index in [9.17, 15) is 4.79 Å². The molecule has 4 nitrogen and oxygen atoms in total. The van der Waals surface area contributed by atoms with Gasteiger partial charge in [0, 0.05) is 5.69 Å². The summed E-state index contributed by atoms with van der Waals surface area (Å²) in [4.78, 5) is 13.8. The van der Waals surface area contributed by atoms with Crippen LogP contribution in [0, 0.1) is 0 Å². The number of nitrogens with two attached hydrogens (primary N) is 1. The lowest BCUT2D eigenvalue weighted by atomic mass is 10.1. The molecular weight excluding hydrogens is 204 g/mol.